The highest BCUT2D eigenvalue weighted by molar-refractivity contribution is 9.10. The van der Waals surface area contributed by atoms with Crippen molar-refractivity contribution >= 4 is 15.9 Å². The zero-order valence-corrected chi connectivity index (χ0v) is 13.9. The fourth-order valence-corrected chi connectivity index (χ4v) is 2.63. The highest BCUT2D eigenvalue weighted by Gasteiger charge is 2.13. The maximum absolute atomic E-state index is 13.4. The second-order valence-electron chi connectivity index (χ2n) is 5.19. The van der Waals surface area contributed by atoms with Crippen LogP contribution in [0.1, 0.15) is 23.9 Å². The maximum Gasteiger partial charge on any atom is 0.131 e. The molecule has 0 radical (unpaired) electrons. The molecule has 0 bridgehead atoms. The lowest BCUT2D eigenvalue weighted by Crippen LogP contribution is -2.18. The Kier molecular flexibility index (Phi) is 5.00. The number of halogens is 2. The Morgan fingerprint density at radius 1 is 1.48 bits per heavy atom. The summed E-state index contributed by atoms with van der Waals surface area (Å²) in [6.07, 6.45) is 0.568. The number of ether oxygens (including phenoxy) is 1. The minimum Gasteiger partial charge on any atom is -0.487 e. The first-order valence-corrected chi connectivity index (χ1v) is 7.52. The molecule has 4 nitrogen and oxygen atoms in total. The lowest BCUT2D eigenvalue weighted by Gasteiger charge is -2.13. The van der Waals surface area contributed by atoms with E-state index in [1.807, 2.05) is 20.9 Å². The predicted molar refractivity (Wildman–Crippen MR) is 83.7 cm³/mol. The summed E-state index contributed by atoms with van der Waals surface area (Å²) in [6.45, 7) is 4.16. The van der Waals surface area contributed by atoms with Crippen LogP contribution in [0.15, 0.2) is 22.7 Å². The van der Waals surface area contributed by atoms with Crippen LogP contribution >= 0.6 is 15.9 Å². The van der Waals surface area contributed by atoms with Crippen LogP contribution < -0.4 is 10.5 Å². The van der Waals surface area contributed by atoms with Gasteiger partial charge in [-0.3, -0.25) is 4.68 Å². The Morgan fingerprint density at radius 2 is 2.19 bits per heavy atom. The molecular weight excluding hydrogens is 337 g/mol. The molecule has 0 aliphatic carbocycles. The molecule has 0 fully saturated rings. The van der Waals surface area contributed by atoms with Gasteiger partial charge < -0.3 is 10.5 Å². The second-order valence-corrected chi connectivity index (χ2v) is 5.98. The Morgan fingerprint density at radius 3 is 2.76 bits per heavy atom. The van der Waals surface area contributed by atoms with E-state index < -0.39 is 0 Å². The summed E-state index contributed by atoms with van der Waals surface area (Å²) >= 11 is 3.50. The molecule has 2 N–H and O–H groups in total. The van der Waals surface area contributed by atoms with Crippen molar-refractivity contribution in [2.75, 3.05) is 0 Å². The van der Waals surface area contributed by atoms with E-state index in [-0.39, 0.29) is 11.9 Å². The SMILES string of the molecule is Cc1nn(C)c(COc2ccc(F)cc2CC(C)N)c1Br. The predicted octanol–water partition coefficient (Wildman–Crippen LogP) is 3.10. The van der Waals surface area contributed by atoms with E-state index in [4.69, 9.17) is 10.5 Å². The zero-order valence-electron chi connectivity index (χ0n) is 12.4. The minimum absolute atomic E-state index is 0.0557. The third-order valence-corrected chi connectivity index (χ3v) is 4.22. The Bertz CT molecular complexity index is 640. The molecule has 0 aliphatic rings. The zero-order chi connectivity index (χ0) is 15.6. The summed E-state index contributed by atoms with van der Waals surface area (Å²) in [5.41, 5.74) is 8.42. The van der Waals surface area contributed by atoms with Gasteiger partial charge in [0.2, 0.25) is 0 Å². The van der Waals surface area contributed by atoms with Crippen LogP contribution in [0.4, 0.5) is 4.39 Å². The van der Waals surface area contributed by atoms with E-state index in [0.29, 0.717) is 18.8 Å². The summed E-state index contributed by atoms with van der Waals surface area (Å²) in [5.74, 6) is 0.370. The third-order valence-electron chi connectivity index (χ3n) is 3.19. The van der Waals surface area contributed by atoms with Crippen molar-refractivity contribution in [3.63, 3.8) is 0 Å². The number of nitrogens with zero attached hydrogens (tertiary/aromatic N) is 2. The van der Waals surface area contributed by atoms with Crippen LogP contribution in [0.5, 0.6) is 5.75 Å². The second kappa shape index (κ2) is 6.58. The Labute approximate surface area is 132 Å². The van der Waals surface area contributed by atoms with Crippen LogP contribution in [0.3, 0.4) is 0 Å². The molecular formula is C15H19BrFN3O. The normalized spacial score (nSPS) is 12.5. The summed E-state index contributed by atoms with van der Waals surface area (Å²) < 4.78 is 21.9. The number of nitrogens with two attached hydrogens (primary N) is 1. The molecule has 0 spiro atoms. The number of rotatable bonds is 5. The molecule has 1 atom stereocenters. The first kappa shape index (κ1) is 16.0. The van der Waals surface area contributed by atoms with Crippen LogP contribution in [0, 0.1) is 12.7 Å². The molecule has 0 saturated heterocycles. The maximum atomic E-state index is 13.4. The first-order chi connectivity index (χ1) is 9.88. The fourth-order valence-electron chi connectivity index (χ4n) is 2.18. The van der Waals surface area contributed by atoms with Crippen LogP contribution in [0.2, 0.25) is 0 Å². The van der Waals surface area contributed by atoms with Crippen molar-refractivity contribution in [1.82, 2.24) is 9.78 Å². The largest absolute Gasteiger partial charge is 0.487 e. The van der Waals surface area contributed by atoms with Gasteiger partial charge in [0.15, 0.2) is 0 Å². The summed E-state index contributed by atoms with van der Waals surface area (Å²) in [6, 6.07) is 4.45. The number of aryl methyl sites for hydroxylation is 2. The minimum atomic E-state index is -0.282. The quantitative estimate of drug-likeness (QED) is 0.896. The highest BCUT2D eigenvalue weighted by atomic mass is 79.9. The van der Waals surface area contributed by atoms with Gasteiger partial charge in [-0.05, 0) is 60.0 Å². The average molecular weight is 356 g/mol. The topological polar surface area (TPSA) is 53.1 Å². The Balaban J connectivity index is 2.19. The summed E-state index contributed by atoms with van der Waals surface area (Å²) in [7, 11) is 1.87. The molecule has 21 heavy (non-hydrogen) atoms. The lowest BCUT2D eigenvalue weighted by molar-refractivity contribution is 0.290. The molecule has 1 heterocycles. The summed E-state index contributed by atoms with van der Waals surface area (Å²) in [5, 5.41) is 4.32. The van der Waals surface area contributed by atoms with E-state index in [1.165, 1.54) is 12.1 Å². The van der Waals surface area contributed by atoms with E-state index in [1.54, 1.807) is 10.7 Å². The van der Waals surface area contributed by atoms with E-state index in [2.05, 4.69) is 21.0 Å². The van der Waals surface area contributed by atoms with E-state index in [9.17, 15) is 4.39 Å². The Hall–Kier alpha value is -1.40. The fraction of sp³-hybridized carbons (Fsp3) is 0.400. The number of hydrogen-bond acceptors (Lipinski definition) is 3. The molecule has 114 valence electrons. The molecule has 0 saturated carbocycles. The average Bonchev–Trinajstić information content (AvgIpc) is 2.62. The molecule has 1 aromatic heterocycles. The van der Waals surface area contributed by atoms with Gasteiger partial charge in [0, 0.05) is 13.1 Å². The molecule has 0 aliphatic heterocycles. The molecule has 2 aromatic rings. The first-order valence-electron chi connectivity index (χ1n) is 6.73. The van der Waals surface area contributed by atoms with E-state index >= 15 is 0 Å². The van der Waals surface area contributed by atoms with Gasteiger partial charge in [-0.1, -0.05) is 0 Å². The van der Waals surface area contributed by atoms with Crippen molar-refractivity contribution in [2.45, 2.75) is 32.9 Å². The third kappa shape index (κ3) is 3.83. The molecule has 0 amide bonds. The standard InChI is InChI=1S/C15H19BrFN3O/c1-9(18)6-11-7-12(17)4-5-14(11)21-8-13-15(16)10(2)19-20(13)3/h4-5,7,9H,6,8,18H2,1-3H3. The van der Waals surface area contributed by atoms with Gasteiger partial charge in [0.25, 0.3) is 0 Å². The smallest absolute Gasteiger partial charge is 0.131 e. The molecule has 2 rings (SSSR count). The van der Waals surface area contributed by atoms with Crippen LogP contribution in [-0.2, 0) is 20.1 Å². The van der Waals surface area contributed by atoms with Gasteiger partial charge in [-0.2, -0.15) is 5.10 Å². The number of aromatic nitrogens is 2. The van der Waals surface area contributed by atoms with Crippen molar-refractivity contribution in [2.24, 2.45) is 12.8 Å². The van der Waals surface area contributed by atoms with E-state index in [0.717, 1.165) is 21.4 Å². The van der Waals surface area contributed by atoms with Crippen molar-refractivity contribution in [1.29, 1.82) is 0 Å². The monoisotopic (exact) mass is 355 g/mol. The molecule has 1 unspecified atom stereocenters. The van der Waals surface area contributed by atoms with Crippen LogP contribution in [0.25, 0.3) is 0 Å². The highest BCUT2D eigenvalue weighted by Crippen LogP contribution is 2.25. The van der Waals surface area contributed by atoms with Gasteiger partial charge in [0.05, 0.1) is 15.9 Å². The van der Waals surface area contributed by atoms with Gasteiger partial charge in [-0.25, -0.2) is 4.39 Å². The van der Waals surface area contributed by atoms with Crippen molar-refractivity contribution in [3.05, 3.63) is 45.4 Å². The van der Waals surface area contributed by atoms with Crippen LogP contribution in [-0.4, -0.2) is 15.8 Å². The lowest BCUT2D eigenvalue weighted by atomic mass is 10.1. The summed E-state index contributed by atoms with van der Waals surface area (Å²) in [4.78, 5) is 0. The van der Waals surface area contributed by atoms with Crippen molar-refractivity contribution < 1.29 is 9.13 Å². The van der Waals surface area contributed by atoms with Gasteiger partial charge in [0.1, 0.15) is 18.2 Å². The number of benzene rings is 1. The van der Waals surface area contributed by atoms with Crippen molar-refractivity contribution in [3.8, 4) is 5.75 Å². The van der Waals surface area contributed by atoms with Gasteiger partial charge in [-0.15, -0.1) is 0 Å². The molecule has 6 heteroatoms. The van der Waals surface area contributed by atoms with Gasteiger partial charge >= 0.3 is 0 Å². The molecule has 1 aromatic carbocycles. The number of hydrogen-bond donors (Lipinski definition) is 1.